The summed E-state index contributed by atoms with van der Waals surface area (Å²) in [6, 6.07) is 12.5. The Kier molecular flexibility index (Phi) is 5.56. The number of amides is 2. The first-order valence-corrected chi connectivity index (χ1v) is 9.15. The maximum absolute atomic E-state index is 12.5. The zero-order valence-electron chi connectivity index (χ0n) is 15.2. The third-order valence-corrected chi connectivity index (χ3v) is 4.49. The molecule has 0 fully saturated rings. The summed E-state index contributed by atoms with van der Waals surface area (Å²) in [6.45, 7) is 4.16. The van der Waals surface area contributed by atoms with Gasteiger partial charge in [-0.2, -0.15) is 0 Å². The van der Waals surface area contributed by atoms with Crippen LogP contribution in [0.1, 0.15) is 49.9 Å². The van der Waals surface area contributed by atoms with Crippen molar-refractivity contribution in [2.75, 3.05) is 10.6 Å². The van der Waals surface area contributed by atoms with Crippen molar-refractivity contribution in [3.8, 4) is 11.5 Å². The highest BCUT2D eigenvalue weighted by molar-refractivity contribution is 6.09. The lowest BCUT2D eigenvalue weighted by Gasteiger charge is -2.16. The molecule has 0 saturated carbocycles. The van der Waals surface area contributed by atoms with Crippen molar-refractivity contribution in [3.05, 3.63) is 48.0 Å². The van der Waals surface area contributed by atoms with E-state index in [4.69, 9.17) is 4.74 Å². The van der Waals surface area contributed by atoms with E-state index >= 15 is 0 Å². The van der Waals surface area contributed by atoms with E-state index in [1.165, 1.54) is 0 Å². The monoisotopic (exact) mass is 352 g/mol. The van der Waals surface area contributed by atoms with Gasteiger partial charge in [0.2, 0.25) is 5.91 Å². The van der Waals surface area contributed by atoms with E-state index in [2.05, 4.69) is 24.5 Å². The third kappa shape index (κ3) is 3.87. The molecule has 0 unspecified atom stereocenters. The van der Waals surface area contributed by atoms with Crippen LogP contribution in [0.25, 0.3) is 0 Å². The van der Waals surface area contributed by atoms with Gasteiger partial charge in [0, 0.05) is 11.6 Å². The van der Waals surface area contributed by atoms with Crippen LogP contribution < -0.4 is 15.4 Å². The second kappa shape index (κ2) is 8.04. The molecule has 2 N–H and O–H groups in total. The molecule has 0 spiro atoms. The van der Waals surface area contributed by atoms with Gasteiger partial charge in [-0.05, 0) is 43.2 Å². The first kappa shape index (κ1) is 18.0. The first-order valence-electron chi connectivity index (χ1n) is 9.15. The Labute approximate surface area is 153 Å². The SMILES string of the molecule is CCCC(CCC)C(=O)Nc1ccc2c(c1)C(=O)Nc1ccccc1O2. The lowest BCUT2D eigenvalue weighted by Crippen LogP contribution is -2.23. The molecule has 2 aromatic carbocycles. The van der Waals surface area contributed by atoms with Crippen LogP contribution in [0.4, 0.5) is 11.4 Å². The molecule has 26 heavy (non-hydrogen) atoms. The summed E-state index contributed by atoms with van der Waals surface area (Å²) in [4.78, 5) is 25.1. The smallest absolute Gasteiger partial charge is 0.259 e. The van der Waals surface area contributed by atoms with E-state index in [-0.39, 0.29) is 17.7 Å². The lowest BCUT2D eigenvalue weighted by molar-refractivity contribution is -0.120. The molecule has 2 aromatic rings. The van der Waals surface area contributed by atoms with Gasteiger partial charge in [-0.3, -0.25) is 9.59 Å². The predicted molar refractivity (Wildman–Crippen MR) is 103 cm³/mol. The third-order valence-electron chi connectivity index (χ3n) is 4.49. The Morgan fingerprint density at radius 3 is 2.54 bits per heavy atom. The highest BCUT2D eigenvalue weighted by Crippen LogP contribution is 2.36. The van der Waals surface area contributed by atoms with Gasteiger partial charge in [0.25, 0.3) is 5.91 Å². The number of anilines is 2. The zero-order chi connectivity index (χ0) is 18.5. The number of hydrogen-bond donors (Lipinski definition) is 2. The average Bonchev–Trinajstić information content (AvgIpc) is 2.77. The van der Waals surface area contributed by atoms with Gasteiger partial charge in [0.05, 0.1) is 11.3 Å². The fourth-order valence-electron chi connectivity index (χ4n) is 3.19. The van der Waals surface area contributed by atoms with Gasteiger partial charge in [-0.1, -0.05) is 38.8 Å². The molecule has 1 heterocycles. The number of nitrogens with one attached hydrogen (secondary N) is 2. The minimum atomic E-state index is -0.250. The number of carbonyl (C=O) groups is 2. The number of benzene rings is 2. The molecule has 136 valence electrons. The summed E-state index contributed by atoms with van der Waals surface area (Å²) in [7, 11) is 0. The van der Waals surface area contributed by atoms with Crippen molar-refractivity contribution in [1.29, 1.82) is 0 Å². The Balaban J connectivity index is 1.82. The van der Waals surface area contributed by atoms with E-state index in [0.29, 0.717) is 28.4 Å². The standard InChI is InChI=1S/C21H24N2O3/c1-3-7-14(8-4-2)20(24)22-15-11-12-18-16(13-15)21(25)23-17-9-5-6-10-19(17)26-18/h5-6,9-14H,3-4,7-8H2,1-2H3,(H,22,24)(H,23,25). The van der Waals surface area contributed by atoms with Crippen molar-refractivity contribution >= 4 is 23.2 Å². The van der Waals surface area contributed by atoms with Crippen LogP contribution in [0.15, 0.2) is 42.5 Å². The van der Waals surface area contributed by atoms with Gasteiger partial charge in [-0.25, -0.2) is 0 Å². The number of fused-ring (bicyclic) bond motifs is 2. The molecule has 5 heteroatoms. The highest BCUT2D eigenvalue weighted by atomic mass is 16.5. The Bertz CT molecular complexity index is 811. The van der Waals surface area contributed by atoms with Gasteiger partial charge < -0.3 is 15.4 Å². The summed E-state index contributed by atoms with van der Waals surface area (Å²) in [5.74, 6) is 0.830. The molecular weight excluding hydrogens is 328 g/mol. The Hall–Kier alpha value is -2.82. The first-order chi connectivity index (χ1) is 12.6. The van der Waals surface area contributed by atoms with Crippen LogP contribution in [-0.4, -0.2) is 11.8 Å². The molecule has 2 amide bonds. The second-order valence-electron chi connectivity index (χ2n) is 6.53. The van der Waals surface area contributed by atoms with E-state index in [9.17, 15) is 9.59 Å². The van der Waals surface area contributed by atoms with Crippen LogP contribution in [0.3, 0.4) is 0 Å². The number of ether oxygens (including phenoxy) is 1. The summed E-state index contributed by atoms with van der Waals surface area (Å²) in [5, 5.41) is 5.80. The van der Waals surface area contributed by atoms with Gasteiger partial charge in [0.1, 0.15) is 5.75 Å². The number of carbonyl (C=O) groups excluding carboxylic acids is 2. The maximum atomic E-state index is 12.5. The van der Waals surface area contributed by atoms with Gasteiger partial charge in [-0.15, -0.1) is 0 Å². The van der Waals surface area contributed by atoms with Crippen molar-refractivity contribution in [1.82, 2.24) is 0 Å². The Morgan fingerprint density at radius 1 is 1.08 bits per heavy atom. The zero-order valence-corrected chi connectivity index (χ0v) is 15.2. The van der Waals surface area contributed by atoms with Crippen LogP contribution >= 0.6 is 0 Å². The molecule has 0 atom stereocenters. The van der Waals surface area contributed by atoms with Crippen LogP contribution in [0.2, 0.25) is 0 Å². The van der Waals surface area contributed by atoms with Gasteiger partial charge >= 0.3 is 0 Å². The van der Waals surface area contributed by atoms with E-state index in [1.807, 2.05) is 12.1 Å². The van der Waals surface area contributed by atoms with Crippen molar-refractivity contribution in [3.63, 3.8) is 0 Å². The molecule has 0 bridgehead atoms. The summed E-state index contributed by atoms with van der Waals surface area (Å²) < 4.78 is 5.86. The van der Waals surface area contributed by atoms with Crippen molar-refractivity contribution in [2.24, 2.45) is 5.92 Å². The minimum absolute atomic E-state index is 0.00172. The molecule has 5 nitrogen and oxygen atoms in total. The number of para-hydroxylation sites is 2. The molecular formula is C21H24N2O3. The Morgan fingerprint density at radius 2 is 1.81 bits per heavy atom. The second-order valence-corrected chi connectivity index (χ2v) is 6.53. The minimum Gasteiger partial charge on any atom is -0.454 e. The fraction of sp³-hybridized carbons (Fsp3) is 0.333. The van der Waals surface area contributed by atoms with Crippen molar-refractivity contribution < 1.29 is 14.3 Å². The summed E-state index contributed by atoms with van der Waals surface area (Å²) in [5.41, 5.74) is 1.64. The molecule has 0 aromatic heterocycles. The largest absolute Gasteiger partial charge is 0.454 e. The summed E-state index contributed by atoms with van der Waals surface area (Å²) >= 11 is 0. The number of rotatable bonds is 6. The van der Waals surface area contributed by atoms with E-state index < -0.39 is 0 Å². The molecule has 3 rings (SSSR count). The van der Waals surface area contributed by atoms with E-state index in [0.717, 1.165) is 25.7 Å². The fourth-order valence-corrected chi connectivity index (χ4v) is 3.19. The van der Waals surface area contributed by atoms with E-state index in [1.54, 1.807) is 30.3 Å². The highest BCUT2D eigenvalue weighted by Gasteiger charge is 2.22. The average molecular weight is 352 g/mol. The molecule has 0 aliphatic carbocycles. The predicted octanol–water partition coefficient (Wildman–Crippen LogP) is 5.20. The van der Waals surface area contributed by atoms with Crippen LogP contribution in [0.5, 0.6) is 11.5 Å². The maximum Gasteiger partial charge on any atom is 0.259 e. The van der Waals surface area contributed by atoms with Gasteiger partial charge in [0.15, 0.2) is 5.75 Å². The lowest BCUT2D eigenvalue weighted by atomic mass is 9.97. The molecule has 1 aliphatic rings. The van der Waals surface area contributed by atoms with Crippen molar-refractivity contribution in [2.45, 2.75) is 39.5 Å². The van der Waals surface area contributed by atoms with Crippen LogP contribution in [-0.2, 0) is 4.79 Å². The topological polar surface area (TPSA) is 67.4 Å². The van der Waals surface area contributed by atoms with Crippen LogP contribution in [0, 0.1) is 5.92 Å². The normalized spacial score (nSPS) is 12.5. The quantitative estimate of drug-likeness (QED) is 0.751. The summed E-state index contributed by atoms with van der Waals surface area (Å²) in [6.07, 6.45) is 3.67. The number of hydrogen-bond acceptors (Lipinski definition) is 3. The molecule has 0 saturated heterocycles. The molecule has 0 radical (unpaired) electrons. The molecule has 1 aliphatic heterocycles.